The Balaban J connectivity index is 2.07. The van der Waals surface area contributed by atoms with Crippen LogP contribution in [0.1, 0.15) is 12.2 Å². The quantitative estimate of drug-likeness (QED) is 0.606. The molecule has 1 aromatic rings. The molecule has 0 saturated carbocycles. The molecule has 2 rings (SSSR count). The molecule has 5 nitrogen and oxygen atoms in total. The molecule has 2 heterocycles. The maximum Gasteiger partial charge on any atom is 0.293 e. The van der Waals surface area contributed by atoms with Crippen LogP contribution in [0.3, 0.4) is 0 Å². The highest BCUT2D eigenvalue weighted by Crippen LogP contribution is 2.32. The normalized spacial score (nSPS) is 17.8. The van der Waals surface area contributed by atoms with Gasteiger partial charge >= 0.3 is 0 Å². The van der Waals surface area contributed by atoms with Crippen LogP contribution in [0.25, 0.3) is 6.08 Å². The number of carbonyl (C=O) groups is 2. The largest absolute Gasteiger partial charge is 0.450 e. The second-order valence-corrected chi connectivity index (χ2v) is 5.60. The summed E-state index contributed by atoms with van der Waals surface area (Å²) in [5.74, 6) is 0.257. The Kier molecular flexibility index (Phi) is 4.84. The van der Waals surface area contributed by atoms with Crippen LogP contribution in [0.4, 0.5) is 4.79 Å². The van der Waals surface area contributed by atoms with Crippen molar-refractivity contribution in [3.05, 3.63) is 27.5 Å². The first-order chi connectivity index (χ1) is 9.11. The number of amides is 2. The van der Waals surface area contributed by atoms with Crippen LogP contribution in [0, 0.1) is 0 Å². The zero-order valence-corrected chi connectivity index (χ0v) is 12.6. The minimum atomic E-state index is -0.279. The Hall–Kier alpha value is -1.05. The third-order valence-corrected chi connectivity index (χ3v) is 3.80. The highest BCUT2D eigenvalue weighted by atomic mass is 79.9. The lowest BCUT2D eigenvalue weighted by Gasteiger charge is -2.11. The fourth-order valence-corrected chi connectivity index (χ4v) is 2.76. The topological polar surface area (TPSA) is 59.8 Å². The van der Waals surface area contributed by atoms with E-state index in [-0.39, 0.29) is 11.1 Å². The first kappa shape index (κ1) is 14.4. The van der Waals surface area contributed by atoms with E-state index >= 15 is 0 Å². The van der Waals surface area contributed by atoms with Crippen LogP contribution < -0.4 is 0 Å². The number of hydrogen-bond acceptors (Lipinski definition) is 5. The van der Waals surface area contributed by atoms with Crippen LogP contribution in [-0.2, 0) is 9.53 Å². The van der Waals surface area contributed by atoms with Crippen molar-refractivity contribution in [1.29, 1.82) is 0 Å². The average molecular weight is 346 g/mol. The molecule has 0 aromatic carbocycles. The zero-order valence-electron chi connectivity index (χ0n) is 10.2. The average Bonchev–Trinajstić information content (AvgIpc) is 2.88. The van der Waals surface area contributed by atoms with E-state index in [0.29, 0.717) is 34.9 Å². The molecule has 0 bridgehead atoms. The molecule has 0 unspecified atom stereocenters. The molecule has 102 valence electrons. The lowest BCUT2D eigenvalue weighted by atomic mass is 10.3. The van der Waals surface area contributed by atoms with Gasteiger partial charge in [-0.25, -0.2) is 0 Å². The molecular weight excluding hydrogens is 334 g/mol. The molecule has 0 aliphatic carbocycles. The van der Waals surface area contributed by atoms with Gasteiger partial charge in [0.1, 0.15) is 5.76 Å². The highest BCUT2D eigenvalue weighted by molar-refractivity contribution is 9.10. The van der Waals surface area contributed by atoms with Crippen molar-refractivity contribution in [2.24, 2.45) is 0 Å². The molecular formula is C12H12BrNO4S. The molecule has 1 aromatic heterocycles. The number of imide groups is 1. The molecule has 1 fully saturated rings. The minimum absolute atomic E-state index is 0.252. The van der Waals surface area contributed by atoms with Gasteiger partial charge in [-0.1, -0.05) is 0 Å². The van der Waals surface area contributed by atoms with Gasteiger partial charge in [-0.15, -0.1) is 0 Å². The SMILES string of the molecule is COCCCN1C(=O)S/C(=C/c2ccc(Br)o2)C1=O. The van der Waals surface area contributed by atoms with Gasteiger partial charge in [0.2, 0.25) is 0 Å². The van der Waals surface area contributed by atoms with E-state index in [0.717, 1.165) is 11.8 Å². The smallest absolute Gasteiger partial charge is 0.293 e. The first-order valence-electron chi connectivity index (χ1n) is 5.61. The summed E-state index contributed by atoms with van der Waals surface area (Å²) in [6.07, 6.45) is 2.21. The molecule has 2 amide bonds. The fraction of sp³-hybridized carbons (Fsp3) is 0.333. The lowest BCUT2D eigenvalue weighted by molar-refractivity contribution is -0.122. The number of rotatable bonds is 5. The van der Waals surface area contributed by atoms with Crippen molar-refractivity contribution in [3.8, 4) is 0 Å². The molecule has 1 aliphatic heterocycles. The van der Waals surface area contributed by atoms with Gasteiger partial charge in [0.05, 0.1) is 4.91 Å². The Morgan fingerprint density at radius 2 is 2.26 bits per heavy atom. The van der Waals surface area contributed by atoms with E-state index in [1.807, 2.05) is 0 Å². The summed E-state index contributed by atoms with van der Waals surface area (Å²) >= 11 is 4.11. The molecule has 0 atom stereocenters. The van der Waals surface area contributed by atoms with Gasteiger partial charge in [-0.05, 0) is 46.2 Å². The minimum Gasteiger partial charge on any atom is -0.450 e. The maximum atomic E-state index is 12.0. The second-order valence-electron chi connectivity index (χ2n) is 3.82. The van der Waals surface area contributed by atoms with Gasteiger partial charge < -0.3 is 9.15 Å². The second kappa shape index (κ2) is 6.40. The number of nitrogens with zero attached hydrogens (tertiary/aromatic N) is 1. The van der Waals surface area contributed by atoms with Crippen LogP contribution >= 0.6 is 27.7 Å². The monoisotopic (exact) mass is 345 g/mol. The summed E-state index contributed by atoms with van der Waals surface area (Å²) in [4.78, 5) is 25.4. The number of hydrogen-bond donors (Lipinski definition) is 0. The van der Waals surface area contributed by atoms with Crippen molar-refractivity contribution >= 4 is 44.9 Å². The van der Waals surface area contributed by atoms with Crippen LogP contribution in [0.5, 0.6) is 0 Å². The number of carbonyl (C=O) groups excluding carboxylic acids is 2. The Bertz CT molecular complexity index is 526. The number of furan rings is 1. The molecule has 7 heteroatoms. The molecule has 19 heavy (non-hydrogen) atoms. The van der Waals surface area contributed by atoms with Crippen LogP contribution in [0.15, 0.2) is 26.1 Å². The van der Waals surface area contributed by atoms with Crippen LogP contribution in [0.2, 0.25) is 0 Å². The summed E-state index contributed by atoms with van der Waals surface area (Å²) in [5.41, 5.74) is 0. The maximum absolute atomic E-state index is 12.0. The van der Waals surface area contributed by atoms with Crippen LogP contribution in [-0.4, -0.2) is 36.3 Å². The zero-order chi connectivity index (χ0) is 13.8. The van der Waals surface area contributed by atoms with E-state index in [2.05, 4.69) is 15.9 Å². The van der Waals surface area contributed by atoms with E-state index in [9.17, 15) is 9.59 Å². The Morgan fingerprint density at radius 1 is 1.47 bits per heavy atom. The summed E-state index contributed by atoms with van der Waals surface area (Å²) in [6, 6.07) is 3.46. The predicted molar refractivity (Wildman–Crippen MR) is 75.6 cm³/mol. The molecule has 0 N–H and O–H groups in total. The first-order valence-corrected chi connectivity index (χ1v) is 7.22. The van der Waals surface area contributed by atoms with Crippen molar-refractivity contribution in [2.75, 3.05) is 20.3 Å². The van der Waals surface area contributed by atoms with E-state index < -0.39 is 0 Å². The third-order valence-electron chi connectivity index (χ3n) is 2.47. The molecule has 0 radical (unpaired) electrons. The summed E-state index contributed by atoms with van der Waals surface area (Å²) < 4.78 is 10.8. The van der Waals surface area contributed by atoms with E-state index in [1.165, 1.54) is 4.90 Å². The Labute approximate surface area is 123 Å². The molecule has 1 saturated heterocycles. The van der Waals surface area contributed by atoms with Gasteiger partial charge in [0.25, 0.3) is 11.1 Å². The van der Waals surface area contributed by atoms with Gasteiger partial charge in [0.15, 0.2) is 4.67 Å². The number of halogens is 1. The third kappa shape index (κ3) is 3.49. The lowest BCUT2D eigenvalue weighted by Crippen LogP contribution is -2.29. The van der Waals surface area contributed by atoms with Crippen molar-refractivity contribution in [3.63, 3.8) is 0 Å². The number of ether oxygens (including phenoxy) is 1. The van der Waals surface area contributed by atoms with E-state index in [1.54, 1.807) is 25.3 Å². The number of thioether (sulfide) groups is 1. The summed E-state index contributed by atoms with van der Waals surface area (Å²) in [7, 11) is 1.59. The molecule has 0 spiro atoms. The summed E-state index contributed by atoms with van der Waals surface area (Å²) in [6.45, 7) is 0.892. The molecule has 1 aliphatic rings. The van der Waals surface area contributed by atoms with Gasteiger partial charge in [-0.2, -0.15) is 0 Å². The number of methoxy groups -OCH3 is 1. The van der Waals surface area contributed by atoms with E-state index in [4.69, 9.17) is 9.15 Å². The fourth-order valence-electron chi connectivity index (χ4n) is 1.59. The van der Waals surface area contributed by atoms with Crippen molar-refractivity contribution in [1.82, 2.24) is 4.90 Å². The van der Waals surface area contributed by atoms with Gasteiger partial charge in [-0.3, -0.25) is 14.5 Å². The van der Waals surface area contributed by atoms with Crippen molar-refractivity contribution < 1.29 is 18.7 Å². The van der Waals surface area contributed by atoms with Crippen molar-refractivity contribution in [2.45, 2.75) is 6.42 Å². The Morgan fingerprint density at radius 3 is 2.89 bits per heavy atom. The highest BCUT2D eigenvalue weighted by Gasteiger charge is 2.34. The van der Waals surface area contributed by atoms with Gasteiger partial charge in [0, 0.05) is 26.3 Å². The predicted octanol–water partition coefficient (Wildman–Crippen LogP) is 3.11. The summed E-state index contributed by atoms with van der Waals surface area (Å²) in [5, 5.41) is -0.252. The standard InChI is InChI=1S/C12H12BrNO4S/c1-17-6-2-5-14-11(15)9(19-12(14)16)7-8-3-4-10(13)18-8/h3-4,7H,2,5-6H2,1H3/b9-7+.